The Bertz CT molecular complexity index is 232. The van der Waals surface area contributed by atoms with Gasteiger partial charge < -0.3 is 5.11 Å². The number of hydroxylamine groups is 2. The zero-order chi connectivity index (χ0) is 9.31. The Morgan fingerprint density at radius 1 is 1.62 bits per heavy atom. The SMILES string of the molecule is N#CCC1(CN2C[C@@H](O)CO2)CC1. The molecular weight excluding hydrogens is 168 g/mol. The summed E-state index contributed by atoms with van der Waals surface area (Å²) >= 11 is 0. The van der Waals surface area contributed by atoms with Crippen LogP contribution >= 0.6 is 0 Å². The second-order valence-corrected chi connectivity index (χ2v) is 4.11. The maximum atomic E-state index is 9.22. The summed E-state index contributed by atoms with van der Waals surface area (Å²) in [4.78, 5) is 5.26. The van der Waals surface area contributed by atoms with Gasteiger partial charge in [0.2, 0.25) is 0 Å². The van der Waals surface area contributed by atoms with Crippen LogP contribution in [-0.4, -0.2) is 36.0 Å². The fourth-order valence-electron chi connectivity index (χ4n) is 1.75. The molecule has 1 aliphatic carbocycles. The normalized spacial score (nSPS) is 31.5. The van der Waals surface area contributed by atoms with E-state index in [0.717, 1.165) is 19.4 Å². The number of hydrogen-bond donors (Lipinski definition) is 1. The molecule has 13 heavy (non-hydrogen) atoms. The molecule has 0 bridgehead atoms. The molecule has 2 aliphatic rings. The molecule has 0 amide bonds. The Kier molecular flexibility index (Phi) is 2.24. The predicted molar refractivity (Wildman–Crippen MR) is 45.4 cm³/mol. The monoisotopic (exact) mass is 182 g/mol. The summed E-state index contributed by atoms with van der Waals surface area (Å²) in [6, 6.07) is 2.21. The van der Waals surface area contributed by atoms with Crippen molar-refractivity contribution in [1.29, 1.82) is 5.26 Å². The van der Waals surface area contributed by atoms with Crippen LogP contribution in [0, 0.1) is 16.7 Å². The van der Waals surface area contributed by atoms with Crippen molar-refractivity contribution in [3.63, 3.8) is 0 Å². The minimum atomic E-state index is -0.349. The van der Waals surface area contributed by atoms with Gasteiger partial charge in [0.15, 0.2) is 0 Å². The first-order chi connectivity index (χ1) is 6.24. The lowest BCUT2D eigenvalue weighted by Gasteiger charge is -2.19. The molecule has 1 saturated carbocycles. The lowest BCUT2D eigenvalue weighted by atomic mass is 10.0. The topological polar surface area (TPSA) is 56.5 Å². The van der Waals surface area contributed by atoms with Crippen molar-refractivity contribution in [2.75, 3.05) is 19.7 Å². The fourth-order valence-corrected chi connectivity index (χ4v) is 1.75. The first kappa shape index (κ1) is 8.95. The lowest BCUT2D eigenvalue weighted by molar-refractivity contribution is -0.121. The van der Waals surface area contributed by atoms with Gasteiger partial charge in [0.05, 0.1) is 25.3 Å². The van der Waals surface area contributed by atoms with E-state index in [-0.39, 0.29) is 11.5 Å². The molecule has 1 N–H and O–H groups in total. The van der Waals surface area contributed by atoms with Crippen molar-refractivity contribution in [3.8, 4) is 6.07 Å². The quantitative estimate of drug-likeness (QED) is 0.681. The number of aliphatic hydroxyl groups is 1. The van der Waals surface area contributed by atoms with E-state index in [9.17, 15) is 5.11 Å². The van der Waals surface area contributed by atoms with Crippen LogP contribution in [0.15, 0.2) is 0 Å². The lowest BCUT2D eigenvalue weighted by Crippen LogP contribution is -2.28. The molecule has 2 fully saturated rings. The maximum absolute atomic E-state index is 9.22. The molecule has 1 aliphatic heterocycles. The second-order valence-electron chi connectivity index (χ2n) is 4.11. The van der Waals surface area contributed by atoms with E-state index in [1.807, 2.05) is 0 Å². The van der Waals surface area contributed by atoms with E-state index in [2.05, 4.69) is 6.07 Å². The Morgan fingerprint density at radius 3 is 2.85 bits per heavy atom. The minimum Gasteiger partial charge on any atom is -0.389 e. The van der Waals surface area contributed by atoms with Gasteiger partial charge in [-0.25, -0.2) is 0 Å². The van der Waals surface area contributed by atoms with Gasteiger partial charge in [0, 0.05) is 13.0 Å². The van der Waals surface area contributed by atoms with Gasteiger partial charge >= 0.3 is 0 Å². The van der Waals surface area contributed by atoms with Crippen molar-refractivity contribution >= 4 is 0 Å². The Labute approximate surface area is 77.7 Å². The molecule has 0 aromatic heterocycles. The summed E-state index contributed by atoms with van der Waals surface area (Å²) in [5.41, 5.74) is 0.179. The minimum absolute atomic E-state index is 0.179. The Morgan fingerprint density at radius 2 is 2.38 bits per heavy atom. The van der Waals surface area contributed by atoms with Gasteiger partial charge in [-0.05, 0) is 18.3 Å². The standard InChI is InChI=1S/C9H14N2O2/c10-4-3-9(1-2-9)7-11-5-8(12)6-13-11/h8,12H,1-3,5-7H2/t8-/m1/s1. The number of hydrogen-bond acceptors (Lipinski definition) is 4. The molecule has 0 aromatic carbocycles. The number of nitrogens with zero attached hydrogens (tertiary/aromatic N) is 2. The highest BCUT2D eigenvalue weighted by Crippen LogP contribution is 2.49. The summed E-state index contributed by atoms with van der Waals surface area (Å²) in [6.07, 6.45) is 2.51. The smallest absolute Gasteiger partial charge is 0.0958 e. The number of nitriles is 1. The summed E-state index contributed by atoms with van der Waals surface area (Å²) in [5, 5.41) is 19.6. The van der Waals surface area contributed by atoms with Gasteiger partial charge in [-0.3, -0.25) is 4.84 Å². The highest BCUT2D eigenvalue weighted by molar-refractivity contribution is 5.00. The second kappa shape index (κ2) is 3.26. The average molecular weight is 182 g/mol. The molecule has 0 spiro atoms. The number of aliphatic hydroxyl groups excluding tert-OH is 1. The van der Waals surface area contributed by atoms with Gasteiger partial charge in [0.25, 0.3) is 0 Å². The van der Waals surface area contributed by atoms with Crippen molar-refractivity contribution < 1.29 is 9.94 Å². The third kappa shape index (κ3) is 1.99. The Hall–Kier alpha value is -0.630. The molecule has 4 nitrogen and oxygen atoms in total. The van der Waals surface area contributed by atoms with Crippen LogP contribution in [0.25, 0.3) is 0 Å². The van der Waals surface area contributed by atoms with Crippen LogP contribution in [0.4, 0.5) is 0 Å². The molecule has 1 heterocycles. The van der Waals surface area contributed by atoms with Crippen LogP contribution in [-0.2, 0) is 4.84 Å². The average Bonchev–Trinajstić information content (AvgIpc) is 2.70. The van der Waals surface area contributed by atoms with Gasteiger partial charge in [0.1, 0.15) is 0 Å². The van der Waals surface area contributed by atoms with Crippen LogP contribution in [0.5, 0.6) is 0 Å². The molecule has 0 radical (unpaired) electrons. The van der Waals surface area contributed by atoms with E-state index in [1.54, 1.807) is 5.06 Å². The first-order valence-corrected chi connectivity index (χ1v) is 4.67. The highest BCUT2D eigenvalue weighted by atomic mass is 16.7. The molecule has 0 unspecified atom stereocenters. The molecule has 4 heteroatoms. The fraction of sp³-hybridized carbons (Fsp3) is 0.889. The number of rotatable bonds is 3. The molecule has 1 saturated heterocycles. The number of β-amino-alcohol motifs (C(OH)–C–C–N with tert-alkyl or cyclic N) is 1. The van der Waals surface area contributed by atoms with Gasteiger partial charge in [-0.2, -0.15) is 10.3 Å². The predicted octanol–water partition coefficient (Wildman–Crippen LogP) is 0.288. The van der Waals surface area contributed by atoms with E-state index in [1.165, 1.54) is 0 Å². The van der Waals surface area contributed by atoms with E-state index < -0.39 is 0 Å². The highest BCUT2D eigenvalue weighted by Gasteiger charge is 2.45. The van der Waals surface area contributed by atoms with Crippen molar-refractivity contribution in [1.82, 2.24) is 5.06 Å². The molecule has 2 rings (SSSR count). The summed E-state index contributed by atoms with van der Waals surface area (Å²) < 4.78 is 0. The Balaban J connectivity index is 1.82. The van der Waals surface area contributed by atoms with Gasteiger partial charge in [-0.1, -0.05) is 0 Å². The van der Waals surface area contributed by atoms with Crippen LogP contribution < -0.4 is 0 Å². The molecule has 72 valence electrons. The zero-order valence-electron chi connectivity index (χ0n) is 7.57. The summed E-state index contributed by atoms with van der Waals surface area (Å²) in [6.45, 7) is 1.80. The van der Waals surface area contributed by atoms with E-state index >= 15 is 0 Å². The van der Waals surface area contributed by atoms with Gasteiger partial charge in [-0.15, -0.1) is 0 Å². The van der Waals surface area contributed by atoms with Crippen LogP contribution in [0.2, 0.25) is 0 Å². The summed E-state index contributed by atoms with van der Waals surface area (Å²) in [7, 11) is 0. The molecule has 1 atom stereocenters. The van der Waals surface area contributed by atoms with Crippen LogP contribution in [0.3, 0.4) is 0 Å². The molecule has 0 aromatic rings. The van der Waals surface area contributed by atoms with E-state index in [0.29, 0.717) is 19.6 Å². The first-order valence-electron chi connectivity index (χ1n) is 4.67. The van der Waals surface area contributed by atoms with E-state index in [4.69, 9.17) is 10.1 Å². The van der Waals surface area contributed by atoms with Crippen molar-refractivity contribution in [2.24, 2.45) is 5.41 Å². The molecular formula is C9H14N2O2. The summed E-state index contributed by atoms with van der Waals surface area (Å²) in [5.74, 6) is 0. The third-order valence-corrected chi connectivity index (χ3v) is 2.79. The maximum Gasteiger partial charge on any atom is 0.0958 e. The van der Waals surface area contributed by atoms with Crippen LogP contribution in [0.1, 0.15) is 19.3 Å². The third-order valence-electron chi connectivity index (χ3n) is 2.79. The zero-order valence-corrected chi connectivity index (χ0v) is 7.57. The van der Waals surface area contributed by atoms with Crippen molar-refractivity contribution in [3.05, 3.63) is 0 Å². The largest absolute Gasteiger partial charge is 0.389 e. The van der Waals surface area contributed by atoms with Crippen molar-refractivity contribution in [2.45, 2.75) is 25.4 Å².